The lowest BCUT2D eigenvalue weighted by Gasteiger charge is -2.18. The molecule has 0 saturated heterocycles. The van der Waals surface area contributed by atoms with Crippen LogP contribution in [0.4, 0.5) is 21.8 Å². The second-order valence-corrected chi connectivity index (χ2v) is 5.74. The Bertz CT molecular complexity index is 919. The second kappa shape index (κ2) is 5.84. The van der Waals surface area contributed by atoms with Gasteiger partial charge in [0.15, 0.2) is 17.5 Å². The summed E-state index contributed by atoms with van der Waals surface area (Å²) < 4.78 is 13.5. The smallest absolute Gasteiger partial charge is 0.252 e. The van der Waals surface area contributed by atoms with Crippen LogP contribution in [0.5, 0.6) is 0 Å². The normalized spacial score (nSPS) is 15.9. The van der Waals surface area contributed by atoms with Gasteiger partial charge in [0, 0.05) is 19.3 Å². The van der Waals surface area contributed by atoms with Crippen molar-refractivity contribution in [3.63, 3.8) is 0 Å². The zero-order chi connectivity index (χ0) is 17.4. The molecule has 1 amide bonds. The van der Waals surface area contributed by atoms with Crippen LogP contribution in [0.25, 0.3) is 12.2 Å². The van der Waals surface area contributed by atoms with Gasteiger partial charge in [0.1, 0.15) is 5.82 Å². The quantitative estimate of drug-likeness (QED) is 0.577. The fourth-order valence-corrected chi connectivity index (χ4v) is 2.61. The largest absolute Gasteiger partial charge is 0.381 e. The Labute approximate surface area is 137 Å². The van der Waals surface area contributed by atoms with Gasteiger partial charge in [-0.1, -0.05) is 6.08 Å². The average molecular weight is 331 g/mol. The van der Waals surface area contributed by atoms with Crippen LogP contribution in [-0.4, -0.2) is 41.2 Å². The van der Waals surface area contributed by atoms with Gasteiger partial charge in [-0.2, -0.15) is 5.10 Å². The first-order chi connectivity index (χ1) is 11.4. The van der Waals surface area contributed by atoms with Crippen LogP contribution in [0, 0.1) is 5.82 Å². The summed E-state index contributed by atoms with van der Waals surface area (Å²) in [6, 6.07) is 0.831. The molecule has 2 heterocycles. The Morgan fingerprint density at radius 3 is 2.92 bits per heavy atom. The topological polar surface area (TPSA) is 126 Å². The molecule has 0 bridgehead atoms. The molecule has 0 spiro atoms. The molecule has 0 radical (unpaired) electrons. The molecule has 1 atom stereocenters. The summed E-state index contributed by atoms with van der Waals surface area (Å²) in [5.74, 6) is -0.883. The summed E-state index contributed by atoms with van der Waals surface area (Å²) in [6.07, 6.45) is 4.60. The fraction of sp³-hybridized carbons (Fsp3) is 0.267. The van der Waals surface area contributed by atoms with Gasteiger partial charge in [0.25, 0.3) is 5.91 Å². The van der Waals surface area contributed by atoms with Crippen LogP contribution in [0.2, 0.25) is 0 Å². The highest BCUT2D eigenvalue weighted by atomic mass is 19.1. The van der Waals surface area contributed by atoms with Crippen molar-refractivity contribution in [3.8, 4) is 0 Å². The maximum Gasteiger partial charge on any atom is 0.252 e. The van der Waals surface area contributed by atoms with Gasteiger partial charge in [-0.05, 0) is 18.6 Å². The van der Waals surface area contributed by atoms with Crippen molar-refractivity contribution in [3.05, 3.63) is 28.0 Å². The Balaban J connectivity index is 1.98. The molecule has 3 rings (SSSR count). The van der Waals surface area contributed by atoms with Crippen LogP contribution < -0.4 is 32.3 Å². The molecule has 8 nitrogen and oxygen atoms in total. The summed E-state index contributed by atoms with van der Waals surface area (Å²) in [5.41, 5.74) is 10.8. The number of pyridine rings is 1. The maximum atomic E-state index is 13.5. The number of fused-ring (bicyclic) bond motifs is 1. The summed E-state index contributed by atoms with van der Waals surface area (Å²) in [6.45, 7) is 0. The molecule has 0 saturated carbocycles. The van der Waals surface area contributed by atoms with Crippen molar-refractivity contribution in [2.45, 2.75) is 12.5 Å². The molecule has 0 aliphatic heterocycles. The minimum Gasteiger partial charge on any atom is -0.381 e. The minimum atomic E-state index is -0.777. The first-order valence-electron chi connectivity index (χ1n) is 7.33. The van der Waals surface area contributed by atoms with E-state index in [1.807, 2.05) is 31.1 Å². The van der Waals surface area contributed by atoms with Gasteiger partial charge in [-0.25, -0.2) is 9.37 Å². The molecule has 2 aromatic heterocycles. The molecule has 24 heavy (non-hydrogen) atoms. The number of halogens is 1. The van der Waals surface area contributed by atoms with Crippen molar-refractivity contribution < 1.29 is 9.18 Å². The number of nitrogen functional groups attached to an aromatic ring is 1. The van der Waals surface area contributed by atoms with E-state index in [0.29, 0.717) is 6.42 Å². The monoisotopic (exact) mass is 331 g/mol. The molecule has 1 aliphatic carbocycles. The molecule has 9 heteroatoms. The number of H-pyrrole nitrogens is 1. The van der Waals surface area contributed by atoms with Gasteiger partial charge in [-0.15, -0.1) is 0 Å². The molecule has 0 aromatic carbocycles. The zero-order valence-corrected chi connectivity index (χ0v) is 13.3. The van der Waals surface area contributed by atoms with Crippen molar-refractivity contribution in [2.75, 3.05) is 30.0 Å². The molecule has 6 N–H and O–H groups in total. The van der Waals surface area contributed by atoms with Crippen LogP contribution in [-0.2, 0) is 0 Å². The number of aromatic amines is 1. The van der Waals surface area contributed by atoms with E-state index in [-0.39, 0.29) is 23.2 Å². The average Bonchev–Trinajstić information content (AvgIpc) is 2.93. The fourth-order valence-electron chi connectivity index (χ4n) is 2.61. The number of anilines is 3. The zero-order valence-electron chi connectivity index (χ0n) is 13.3. The van der Waals surface area contributed by atoms with Crippen LogP contribution >= 0.6 is 0 Å². The Hall–Kier alpha value is -3.10. The predicted molar refractivity (Wildman–Crippen MR) is 90.2 cm³/mol. The molecular formula is C15H18FN7O. The van der Waals surface area contributed by atoms with E-state index >= 15 is 0 Å². The van der Waals surface area contributed by atoms with E-state index in [4.69, 9.17) is 11.5 Å². The number of amides is 1. The summed E-state index contributed by atoms with van der Waals surface area (Å²) in [4.78, 5) is 17.3. The summed E-state index contributed by atoms with van der Waals surface area (Å²) in [7, 11) is 3.80. The van der Waals surface area contributed by atoms with Crippen molar-refractivity contribution in [1.82, 2.24) is 15.2 Å². The number of nitrogens with zero attached hydrogens (tertiary/aromatic N) is 3. The third kappa shape index (κ3) is 2.75. The van der Waals surface area contributed by atoms with E-state index in [9.17, 15) is 9.18 Å². The predicted octanol–water partition coefficient (Wildman–Crippen LogP) is -0.864. The van der Waals surface area contributed by atoms with E-state index in [2.05, 4.69) is 20.5 Å². The number of nitrogens with one attached hydrogen (secondary N) is 2. The number of hydrogen-bond donors (Lipinski definition) is 4. The Morgan fingerprint density at radius 1 is 1.50 bits per heavy atom. The Kier molecular flexibility index (Phi) is 3.84. The number of carbonyl (C=O) groups is 1. The highest BCUT2D eigenvalue weighted by Gasteiger charge is 2.18. The maximum absolute atomic E-state index is 13.5. The van der Waals surface area contributed by atoms with Crippen molar-refractivity contribution in [2.24, 2.45) is 5.73 Å². The first kappa shape index (κ1) is 15.8. The first-order valence-corrected chi connectivity index (χ1v) is 7.33. The third-order valence-electron chi connectivity index (χ3n) is 3.77. The number of nitrogens with two attached hydrogens (primary N) is 2. The molecule has 1 aliphatic rings. The Morgan fingerprint density at radius 2 is 2.25 bits per heavy atom. The van der Waals surface area contributed by atoms with Gasteiger partial charge < -0.3 is 21.7 Å². The lowest BCUT2D eigenvalue weighted by molar-refractivity contribution is 0.100. The van der Waals surface area contributed by atoms with Crippen LogP contribution in [0.15, 0.2) is 6.07 Å². The van der Waals surface area contributed by atoms with E-state index < -0.39 is 11.7 Å². The highest BCUT2D eigenvalue weighted by molar-refractivity contribution is 5.98. The number of aromatic nitrogens is 3. The standard InChI is InChI=1S/C15H18FN7O/c1-23(2)15-8-5-7(3-4-11(8)21-22-15)19-14-9(13(18)24)6-10(16)12(17)20-14/h4-7,21H,3H2,1-2H3,(H2,18,24)(H3,17,19,20). The number of primary amides is 1. The van der Waals surface area contributed by atoms with Gasteiger partial charge in [0.2, 0.25) is 0 Å². The van der Waals surface area contributed by atoms with Crippen molar-refractivity contribution >= 4 is 35.5 Å². The van der Waals surface area contributed by atoms with Gasteiger partial charge in [0.05, 0.1) is 17.0 Å². The minimum absolute atomic E-state index is 0.0408. The van der Waals surface area contributed by atoms with Gasteiger partial charge >= 0.3 is 0 Å². The van der Waals surface area contributed by atoms with E-state index in [1.54, 1.807) is 0 Å². The lowest BCUT2D eigenvalue weighted by Crippen LogP contribution is -2.35. The second-order valence-electron chi connectivity index (χ2n) is 5.74. The molecule has 2 aromatic rings. The molecular weight excluding hydrogens is 313 g/mol. The third-order valence-corrected chi connectivity index (χ3v) is 3.77. The van der Waals surface area contributed by atoms with Gasteiger partial charge in [-0.3, -0.25) is 9.89 Å². The number of carbonyl (C=O) groups excluding carboxylic acids is 1. The number of rotatable bonds is 4. The molecule has 126 valence electrons. The lowest BCUT2D eigenvalue weighted by atomic mass is 10.1. The summed E-state index contributed by atoms with van der Waals surface area (Å²) >= 11 is 0. The van der Waals surface area contributed by atoms with Crippen LogP contribution in [0.1, 0.15) is 16.8 Å². The molecule has 0 fully saturated rings. The summed E-state index contributed by atoms with van der Waals surface area (Å²) in [5, 5.41) is 12.2. The SMILES string of the molecule is CN(C)c1n[nH]c2c1=CC(Nc1nc(N)c(F)cc1C(N)=O)CC=2. The number of hydrogen-bond acceptors (Lipinski definition) is 6. The van der Waals surface area contributed by atoms with Crippen molar-refractivity contribution in [1.29, 1.82) is 0 Å². The van der Waals surface area contributed by atoms with E-state index in [1.165, 1.54) is 0 Å². The van der Waals surface area contributed by atoms with Crippen LogP contribution in [0.3, 0.4) is 0 Å². The van der Waals surface area contributed by atoms with E-state index in [0.717, 1.165) is 22.5 Å². The highest BCUT2D eigenvalue weighted by Crippen LogP contribution is 2.20. The molecule has 1 unspecified atom stereocenters.